The molecule has 22 heavy (non-hydrogen) atoms. The van der Waals surface area contributed by atoms with Gasteiger partial charge in [0.1, 0.15) is 10.0 Å². The minimum atomic E-state index is -3.64. The molecule has 0 bridgehead atoms. The first kappa shape index (κ1) is 16.9. The molecule has 2 rings (SSSR count). The molecule has 0 radical (unpaired) electrons. The monoisotopic (exact) mass is 338 g/mol. The molecule has 0 saturated carbocycles. The molecule has 0 saturated heterocycles. The number of hydrogen-bond acceptors (Lipinski definition) is 3. The smallest absolute Gasteiger partial charge is 0.243 e. The van der Waals surface area contributed by atoms with Gasteiger partial charge >= 0.3 is 0 Å². The van der Waals surface area contributed by atoms with Crippen LogP contribution in [0.5, 0.6) is 0 Å². The highest BCUT2D eigenvalue weighted by Gasteiger charge is 2.31. The Morgan fingerprint density at radius 1 is 1.09 bits per heavy atom. The summed E-state index contributed by atoms with van der Waals surface area (Å²) in [6, 6.07) is 12.3. The van der Waals surface area contributed by atoms with Crippen LogP contribution in [0.2, 0.25) is 5.15 Å². The van der Waals surface area contributed by atoms with Gasteiger partial charge in [-0.15, -0.1) is 0 Å². The minimum Gasteiger partial charge on any atom is -0.243 e. The molecule has 1 aromatic heterocycles. The molecule has 4 nitrogen and oxygen atoms in total. The van der Waals surface area contributed by atoms with E-state index in [1.54, 1.807) is 7.05 Å². The molecular weight excluding hydrogens is 320 g/mol. The average molecular weight is 339 g/mol. The Bertz CT molecular complexity index is 716. The fourth-order valence-electron chi connectivity index (χ4n) is 2.50. The van der Waals surface area contributed by atoms with Crippen LogP contribution in [0.3, 0.4) is 0 Å². The molecule has 0 aliphatic carbocycles. The minimum absolute atomic E-state index is 0.127. The average Bonchev–Trinajstić information content (AvgIpc) is 2.48. The van der Waals surface area contributed by atoms with Crippen LogP contribution < -0.4 is 0 Å². The summed E-state index contributed by atoms with van der Waals surface area (Å²) >= 11 is 5.73. The lowest BCUT2D eigenvalue weighted by Gasteiger charge is -2.30. The first-order valence-corrected chi connectivity index (χ1v) is 8.80. The predicted octanol–water partition coefficient (Wildman–Crippen LogP) is 3.75. The number of hydrogen-bond donors (Lipinski definition) is 0. The van der Waals surface area contributed by atoms with Gasteiger partial charge in [-0.1, -0.05) is 55.8 Å². The van der Waals surface area contributed by atoms with Crippen molar-refractivity contribution in [3.8, 4) is 0 Å². The van der Waals surface area contributed by atoms with Crippen molar-refractivity contribution in [2.75, 3.05) is 7.05 Å². The zero-order valence-electron chi connectivity index (χ0n) is 12.8. The maximum absolute atomic E-state index is 12.8. The van der Waals surface area contributed by atoms with Gasteiger partial charge in [-0.2, -0.15) is 4.31 Å². The van der Waals surface area contributed by atoms with Crippen LogP contribution in [0, 0.1) is 5.92 Å². The molecule has 1 aromatic carbocycles. The molecule has 0 spiro atoms. The van der Waals surface area contributed by atoms with Gasteiger partial charge in [-0.3, -0.25) is 0 Å². The van der Waals surface area contributed by atoms with Gasteiger partial charge in [0.05, 0.1) is 6.04 Å². The second-order valence-electron chi connectivity index (χ2n) is 5.44. The van der Waals surface area contributed by atoms with Gasteiger partial charge < -0.3 is 0 Å². The Labute approximate surface area is 136 Å². The predicted molar refractivity (Wildman–Crippen MR) is 88.2 cm³/mol. The Morgan fingerprint density at radius 2 is 1.73 bits per heavy atom. The van der Waals surface area contributed by atoms with Crippen molar-refractivity contribution in [3.05, 3.63) is 59.4 Å². The summed E-state index contributed by atoms with van der Waals surface area (Å²) in [6.07, 6.45) is 1.29. The van der Waals surface area contributed by atoms with E-state index in [2.05, 4.69) is 4.98 Å². The van der Waals surface area contributed by atoms with Crippen molar-refractivity contribution >= 4 is 21.6 Å². The maximum atomic E-state index is 12.8. The van der Waals surface area contributed by atoms with Gasteiger partial charge in [0.2, 0.25) is 10.0 Å². The molecule has 1 atom stereocenters. The molecule has 0 aliphatic heterocycles. The summed E-state index contributed by atoms with van der Waals surface area (Å²) in [5.74, 6) is 0.127. The molecule has 0 amide bonds. The lowest BCUT2D eigenvalue weighted by atomic mass is 9.96. The summed E-state index contributed by atoms with van der Waals surface area (Å²) in [7, 11) is -2.04. The molecule has 118 valence electrons. The highest BCUT2D eigenvalue weighted by molar-refractivity contribution is 7.89. The van der Waals surface area contributed by atoms with Gasteiger partial charge in [0, 0.05) is 13.2 Å². The van der Waals surface area contributed by atoms with E-state index in [1.807, 2.05) is 44.2 Å². The van der Waals surface area contributed by atoms with E-state index < -0.39 is 10.0 Å². The van der Waals surface area contributed by atoms with Gasteiger partial charge in [0.25, 0.3) is 0 Å². The van der Waals surface area contributed by atoms with E-state index in [9.17, 15) is 8.42 Å². The zero-order chi connectivity index (χ0) is 16.3. The molecule has 2 aromatic rings. The van der Waals surface area contributed by atoms with Crippen molar-refractivity contribution in [1.82, 2.24) is 9.29 Å². The van der Waals surface area contributed by atoms with E-state index in [0.717, 1.165) is 5.56 Å². The summed E-state index contributed by atoms with van der Waals surface area (Å²) in [5.41, 5.74) is 0.963. The second kappa shape index (κ2) is 6.77. The Hall–Kier alpha value is -1.43. The number of pyridine rings is 1. The van der Waals surface area contributed by atoms with E-state index >= 15 is 0 Å². The summed E-state index contributed by atoms with van der Waals surface area (Å²) in [5, 5.41) is 0.269. The highest BCUT2D eigenvalue weighted by atomic mass is 35.5. The first-order chi connectivity index (χ1) is 10.3. The van der Waals surface area contributed by atoms with Gasteiger partial charge in [0.15, 0.2) is 0 Å². The first-order valence-electron chi connectivity index (χ1n) is 6.98. The topological polar surface area (TPSA) is 50.3 Å². The second-order valence-corrected chi connectivity index (χ2v) is 7.82. The Kier molecular flexibility index (Phi) is 5.21. The standard InChI is InChI=1S/C16H19ClN2O2S/c1-12(2)16(13-7-5-4-6-8-13)19(3)22(20,21)14-9-10-15(17)18-11-14/h4-12,16H,1-3H3. The summed E-state index contributed by atoms with van der Waals surface area (Å²) in [6.45, 7) is 4.01. The van der Waals surface area contributed by atoms with Crippen LogP contribution in [-0.4, -0.2) is 24.8 Å². The van der Waals surface area contributed by atoms with Crippen molar-refractivity contribution in [3.63, 3.8) is 0 Å². The van der Waals surface area contributed by atoms with Crippen molar-refractivity contribution in [1.29, 1.82) is 0 Å². The molecule has 1 heterocycles. The van der Waals surface area contributed by atoms with E-state index in [1.165, 1.54) is 22.6 Å². The SMILES string of the molecule is CC(C)C(c1ccccc1)N(C)S(=O)(=O)c1ccc(Cl)nc1. The van der Waals surface area contributed by atoms with Crippen LogP contribution in [-0.2, 0) is 10.0 Å². The van der Waals surface area contributed by atoms with E-state index in [0.29, 0.717) is 0 Å². The van der Waals surface area contributed by atoms with Crippen molar-refractivity contribution in [2.24, 2.45) is 5.92 Å². The van der Waals surface area contributed by atoms with Gasteiger partial charge in [-0.25, -0.2) is 13.4 Å². The fourth-order valence-corrected chi connectivity index (χ4v) is 4.03. The van der Waals surface area contributed by atoms with E-state index in [4.69, 9.17) is 11.6 Å². The fraction of sp³-hybridized carbons (Fsp3) is 0.312. The quantitative estimate of drug-likeness (QED) is 0.780. The molecule has 1 unspecified atom stereocenters. The largest absolute Gasteiger partial charge is 0.244 e. The van der Waals surface area contributed by atoms with Crippen LogP contribution in [0.4, 0.5) is 0 Å². The lowest BCUT2D eigenvalue weighted by Crippen LogP contribution is -2.34. The highest BCUT2D eigenvalue weighted by Crippen LogP contribution is 2.31. The number of halogens is 1. The molecule has 0 aliphatic rings. The molecule has 0 fully saturated rings. The van der Waals surface area contributed by atoms with Crippen molar-refractivity contribution < 1.29 is 8.42 Å². The molecule has 0 N–H and O–H groups in total. The molecule has 6 heteroatoms. The third-order valence-electron chi connectivity index (χ3n) is 3.54. The normalized spacial score (nSPS) is 13.5. The number of benzene rings is 1. The number of nitrogens with zero attached hydrogens (tertiary/aromatic N) is 2. The van der Waals surface area contributed by atoms with Crippen LogP contribution in [0.25, 0.3) is 0 Å². The number of sulfonamides is 1. The summed E-state index contributed by atoms with van der Waals surface area (Å²) < 4.78 is 27.0. The van der Waals surface area contributed by atoms with E-state index in [-0.39, 0.29) is 22.0 Å². The summed E-state index contributed by atoms with van der Waals surface area (Å²) in [4.78, 5) is 4.00. The third kappa shape index (κ3) is 3.48. The maximum Gasteiger partial charge on any atom is 0.244 e. The molecular formula is C16H19ClN2O2S. The Morgan fingerprint density at radius 3 is 2.23 bits per heavy atom. The van der Waals surface area contributed by atoms with Crippen LogP contribution >= 0.6 is 11.6 Å². The third-order valence-corrected chi connectivity index (χ3v) is 5.59. The Balaban J connectivity index is 2.42. The zero-order valence-corrected chi connectivity index (χ0v) is 14.3. The lowest BCUT2D eigenvalue weighted by molar-refractivity contribution is 0.300. The van der Waals surface area contributed by atoms with Crippen molar-refractivity contribution in [2.45, 2.75) is 24.8 Å². The van der Waals surface area contributed by atoms with Crippen LogP contribution in [0.1, 0.15) is 25.5 Å². The number of aromatic nitrogens is 1. The van der Waals surface area contributed by atoms with Crippen LogP contribution in [0.15, 0.2) is 53.6 Å². The van der Waals surface area contributed by atoms with Gasteiger partial charge in [-0.05, 0) is 23.6 Å². The number of rotatable bonds is 5.